The van der Waals surface area contributed by atoms with Gasteiger partial charge < -0.3 is 10.4 Å². The normalized spacial score (nSPS) is 11.7. The number of aromatic nitrogens is 2. The predicted molar refractivity (Wildman–Crippen MR) is 95.3 cm³/mol. The Balaban J connectivity index is 2.24. The van der Waals surface area contributed by atoms with Crippen molar-refractivity contribution in [1.82, 2.24) is 14.3 Å². The third-order valence-electron chi connectivity index (χ3n) is 3.94. The van der Waals surface area contributed by atoms with Crippen LogP contribution < -0.4 is 5.32 Å². The Morgan fingerprint density at radius 1 is 1.27 bits per heavy atom. The molecule has 0 aliphatic carbocycles. The van der Waals surface area contributed by atoms with Gasteiger partial charge in [0, 0.05) is 36.3 Å². The van der Waals surface area contributed by atoms with Crippen molar-refractivity contribution in [3.63, 3.8) is 0 Å². The molecule has 0 saturated heterocycles. The predicted octanol–water partition coefficient (Wildman–Crippen LogP) is 2.14. The van der Waals surface area contributed by atoms with Crippen LogP contribution >= 0.6 is 0 Å². The summed E-state index contributed by atoms with van der Waals surface area (Å²) in [6.07, 6.45) is 4.18. The fourth-order valence-corrected chi connectivity index (χ4v) is 4.06. The summed E-state index contributed by atoms with van der Waals surface area (Å²) < 4.78 is 41.9. The molecule has 0 aliphatic rings. The number of pyridine rings is 1. The average Bonchev–Trinajstić information content (AvgIpc) is 3.07. The lowest BCUT2D eigenvalue weighted by molar-refractivity contribution is 0.276. The number of nitrogens with one attached hydrogen (secondary N) is 1. The third-order valence-corrected chi connectivity index (χ3v) is 5.60. The molecular weight excluding hydrogens is 357 g/mol. The van der Waals surface area contributed by atoms with E-state index in [9.17, 15) is 17.9 Å². The molecule has 3 aromatic rings. The second kappa shape index (κ2) is 7.36. The highest BCUT2D eigenvalue weighted by Crippen LogP contribution is 2.30. The van der Waals surface area contributed by atoms with E-state index in [-0.39, 0.29) is 21.7 Å². The van der Waals surface area contributed by atoms with E-state index >= 15 is 0 Å². The van der Waals surface area contributed by atoms with E-state index in [1.165, 1.54) is 42.9 Å². The second-order valence-electron chi connectivity index (χ2n) is 5.69. The van der Waals surface area contributed by atoms with Crippen LogP contribution in [0.15, 0.2) is 59.9 Å². The first-order chi connectivity index (χ1) is 12.5. The lowest BCUT2D eigenvalue weighted by Crippen LogP contribution is -2.14. The Kier molecular flexibility index (Phi) is 5.17. The average molecular weight is 375 g/mol. The summed E-state index contributed by atoms with van der Waals surface area (Å²) >= 11 is 0. The van der Waals surface area contributed by atoms with Crippen molar-refractivity contribution in [2.45, 2.75) is 18.0 Å². The van der Waals surface area contributed by atoms with Gasteiger partial charge >= 0.3 is 0 Å². The van der Waals surface area contributed by atoms with Crippen LogP contribution in [0.2, 0.25) is 0 Å². The molecule has 0 unspecified atom stereocenters. The molecule has 3 rings (SSSR count). The SMILES string of the molecule is CNCc1cc(-c2cccc(CO)c2F)n(S(=O)(=O)c2cccnc2)c1. The monoisotopic (exact) mass is 375 g/mol. The lowest BCUT2D eigenvalue weighted by atomic mass is 10.1. The van der Waals surface area contributed by atoms with E-state index in [0.717, 1.165) is 3.97 Å². The Morgan fingerprint density at radius 3 is 2.73 bits per heavy atom. The smallest absolute Gasteiger partial charge is 0.269 e. The summed E-state index contributed by atoms with van der Waals surface area (Å²) in [5.41, 5.74) is 1.08. The summed E-state index contributed by atoms with van der Waals surface area (Å²) in [6.45, 7) is -0.0526. The van der Waals surface area contributed by atoms with Gasteiger partial charge in [0.05, 0.1) is 12.3 Å². The van der Waals surface area contributed by atoms with Gasteiger partial charge in [0.15, 0.2) is 0 Å². The highest BCUT2D eigenvalue weighted by atomic mass is 32.2. The molecule has 0 spiro atoms. The molecule has 2 N–H and O–H groups in total. The van der Waals surface area contributed by atoms with Crippen molar-refractivity contribution in [1.29, 1.82) is 0 Å². The van der Waals surface area contributed by atoms with Gasteiger partial charge in [0.25, 0.3) is 10.0 Å². The van der Waals surface area contributed by atoms with E-state index in [0.29, 0.717) is 12.1 Å². The number of benzene rings is 1. The van der Waals surface area contributed by atoms with Gasteiger partial charge in [-0.1, -0.05) is 12.1 Å². The Hall–Kier alpha value is -2.55. The van der Waals surface area contributed by atoms with Gasteiger partial charge in [-0.2, -0.15) is 0 Å². The van der Waals surface area contributed by atoms with E-state index < -0.39 is 22.4 Å². The molecule has 2 heterocycles. The van der Waals surface area contributed by atoms with Crippen molar-refractivity contribution in [2.24, 2.45) is 0 Å². The maximum absolute atomic E-state index is 14.7. The fourth-order valence-electron chi connectivity index (χ4n) is 2.71. The minimum absolute atomic E-state index is 0.00609. The fraction of sp³-hybridized carbons (Fsp3) is 0.167. The Morgan fingerprint density at radius 2 is 2.08 bits per heavy atom. The molecule has 0 fully saturated rings. The van der Waals surface area contributed by atoms with E-state index in [2.05, 4.69) is 10.3 Å². The van der Waals surface area contributed by atoms with Crippen molar-refractivity contribution in [2.75, 3.05) is 7.05 Å². The quantitative estimate of drug-likeness (QED) is 0.690. The third kappa shape index (κ3) is 3.26. The highest BCUT2D eigenvalue weighted by molar-refractivity contribution is 7.90. The van der Waals surface area contributed by atoms with E-state index in [1.807, 2.05) is 0 Å². The first kappa shape index (κ1) is 18.2. The zero-order valence-corrected chi connectivity index (χ0v) is 14.9. The van der Waals surface area contributed by atoms with Crippen LogP contribution in [0.4, 0.5) is 4.39 Å². The topological polar surface area (TPSA) is 84.2 Å². The summed E-state index contributed by atoms with van der Waals surface area (Å²) in [7, 11) is -2.22. The van der Waals surface area contributed by atoms with Gasteiger partial charge in [-0.3, -0.25) is 4.98 Å². The number of hydrogen-bond acceptors (Lipinski definition) is 5. The number of halogens is 1. The molecule has 8 heteroatoms. The van der Waals surface area contributed by atoms with Crippen LogP contribution in [0.5, 0.6) is 0 Å². The van der Waals surface area contributed by atoms with Crippen LogP contribution in [0.1, 0.15) is 11.1 Å². The summed E-state index contributed by atoms with van der Waals surface area (Å²) in [5.74, 6) is -0.647. The van der Waals surface area contributed by atoms with Crippen LogP contribution in [-0.4, -0.2) is 29.5 Å². The van der Waals surface area contributed by atoms with Crippen LogP contribution in [0.3, 0.4) is 0 Å². The molecule has 1 aromatic carbocycles. The number of aliphatic hydroxyl groups is 1. The molecule has 6 nitrogen and oxygen atoms in total. The second-order valence-corrected chi connectivity index (χ2v) is 7.51. The molecule has 2 aromatic heterocycles. The van der Waals surface area contributed by atoms with Crippen molar-refractivity contribution >= 4 is 10.0 Å². The van der Waals surface area contributed by atoms with Crippen molar-refractivity contribution < 1.29 is 17.9 Å². The lowest BCUT2D eigenvalue weighted by Gasteiger charge is -2.12. The molecule has 0 saturated carbocycles. The first-order valence-electron chi connectivity index (χ1n) is 7.89. The Labute approximate surface area is 151 Å². The first-order valence-corrected chi connectivity index (χ1v) is 9.33. The highest BCUT2D eigenvalue weighted by Gasteiger charge is 2.24. The number of nitrogens with zero attached hydrogens (tertiary/aromatic N) is 2. The van der Waals surface area contributed by atoms with Crippen molar-refractivity contribution in [3.8, 4) is 11.3 Å². The van der Waals surface area contributed by atoms with Gasteiger partial charge in [-0.05, 0) is 36.9 Å². The van der Waals surface area contributed by atoms with E-state index in [4.69, 9.17) is 0 Å². The van der Waals surface area contributed by atoms with Gasteiger partial charge in [0.1, 0.15) is 10.7 Å². The number of aliphatic hydroxyl groups excluding tert-OH is 1. The van der Waals surface area contributed by atoms with E-state index in [1.54, 1.807) is 19.2 Å². The molecule has 26 heavy (non-hydrogen) atoms. The van der Waals surface area contributed by atoms with Gasteiger partial charge in [-0.25, -0.2) is 16.8 Å². The summed E-state index contributed by atoms with van der Waals surface area (Å²) in [5, 5.41) is 12.3. The summed E-state index contributed by atoms with van der Waals surface area (Å²) in [6, 6.07) is 9.10. The zero-order valence-electron chi connectivity index (χ0n) is 14.1. The minimum atomic E-state index is -3.95. The van der Waals surface area contributed by atoms with Crippen LogP contribution in [-0.2, 0) is 23.2 Å². The molecule has 0 amide bonds. The van der Waals surface area contributed by atoms with Gasteiger partial charge in [-0.15, -0.1) is 0 Å². The van der Waals surface area contributed by atoms with Crippen molar-refractivity contribution in [3.05, 3.63) is 71.9 Å². The molecule has 136 valence electrons. The molecular formula is C18H18FN3O3S. The maximum Gasteiger partial charge on any atom is 0.269 e. The van der Waals surface area contributed by atoms with Crippen LogP contribution in [0.25, 0.3) is 11.3 Å². The van der Waals surface area contributed by atoms with Crippen LogP contribution in [0, 0.1) is 5.82 Å². The summed E-state index contributed by atoms with van der Waals surface area (Å²) in [4.78, 5) is 3.86. The largest absolute Gasteiger partial charge is 0.392 e. The Bertz CT molecular complexity index is 1020. The van der Waals surface area contributed by atoms with Gasteiger partial charge in [0.2, 0.25) is 0 Å². The minimum Gasteiger partial charge on any atom is -0.392 e. The standard InChI is InChI=1S/C18H18FN3O3S/c1-20-9-13-8-17(16-6-2-4-14(12-23)18(16)19)22(11-13)26(24,25)15-5-3-7-21-10-15/h2-8,10-11,20,23H,9,12H2,1H3. The molecule has 0 atom stereocenters. The number of hydrogen-bond donors (Lipinski definition) is 2. The number of rotatable bonds is 6. The zero-order chi connectivity index (χ0) is 18.7. The maximum atomic E-state index is 14.7. The molecule has 0 radical (unpaired) electrons. The molecule has 0 bridgehead atoms. The molecule has 0 aliphatic heterocycles.